The van der Waals surface area contributed by atoms with E-state index in [1.807, 2.05) is 54.6 Å². The van der Waals surface area contributed by atoms with E-state index < -0.39 is 0 Å². The normalized spacial score (nSPS) is 21.0. The Morgan fingerprint density at radius 3 is 2.59 bits per heavy atom. The second-order valence-corrected chi connectivity index (χ2v) is 9.77. The lowest BCUT2D eigenvalue weighted by atomic mass is 9.92. The summed E-state index contributed by atoms with van der Waals surface area (Å²) < 4.78 is 14.1. The molecule has 0 aliphatic carbocycles. The molecule has 4 aromatic rings. The topological polar surface area (TPSA) is 113 Å². The number of rotatable bonds is 5. The zero-order valence-corrected chi connectivity index (χ0v) is 21.0. The van der Waals surface area contributed by atoms with Crippen molar-refractivity contribution in [3.8, 4) is 23.1 Å². The number of morpholine rings is 1. The first-order chi connectivity index (χ1) is 17.9. The first-order valence-electron chi connectivity index (χ1n) is 12.4. The highest BCUT2D eigenvalue weighted by atomic mass is 16.5. The minimum atomic E-state index is 0.000956. The quantitative estimate of drug-likeness (QED) is 0.410. The summed E-state index contributed by atoms with van der Waals surface area (Å²) in [5, 5.41) is 17.5. The molecule has 2 aliphatic rings. The molecule has 188 valence electrons. The summed E-state index contributed by atoms with van der Waals surface area (Å²) in [5.74, 6) is 2.87. The highest BCUT2D eigenvalue weighted by molar-refractivity contribution is 5.75. The highest BCUT2D eigenvalue weighted by Crippen LogP contribution is 2.35. The predicted octanol–water partition coefficient (Wildman–Crippen LogP) is 3.95. The van der Waals surface area contributed by atoms with Crippen LogP contribution in [0, 0.1) is 32.2 Å². The lowest BCUT2D eigenvalue weighted by Gasteiger charge is -2.45. The van der Waals surface area contributed by atoms with Gasteiger partial charge in [-0.15, -0.1) is 0 Å². The van der Waals surface area contributed by atoms with E-state index in [-0.39, 0.29) is 18.2 Å². The van der Waals surface area contributed by atoms with E-state index >= 15 is 0 Å². The fourth-order valence-corrected chi connectivity index (χ4v) is 5.31. The molecule has 10 nitrogen and oxygen atoms in total. The van der Waals surface area contributed by atoms with E-state index in [0.29, 0.717) is 30.7 Å². The Kier molecular flexibility index (Phi) is 5.85. The van der Waals surface area contributed by atoms with Crippen LogP contribution in [0.15, 0.2) is 42.7 Å². The van der Waals surface area contributed by atoms with Crippen molar-refractivity contribution in [2.45, 2.75) is 51.8 Å². The van der Waals surface area contributed by atoms with Gasteiger partial charge in [-0.1, -0.05) is 0 Å². The standard InChI is InChI=1S/C27H28N8O2/c1-16-6-24(25(12-29-16)37-23-9-21-13-36-14-22(10-23)34(21)15-28)19-4-5-35-20(8-19)11-27(33-35)32-26-7-17(2)30-18(3)31-26/h4-8,11-12,21-23H,9-10,13-14H2,1-3H3,(H,30,31,32,33)/t21-,22+,23?. The lowest BCUT2D eigenvalue weighted by Crippen LogP contribution is -2.56. The summed E-state index contributed by atoms with van der Waals surface area (Å²) in [5.41, 5.74) is 4.76. The average Bonchev–Trinajstić information content (AvgIpc) is 3.25. The molecule has 6 heterocycles. The van der Waals surface area contributed by atoms with Crippen LogP contribution in [0.25, 0.3) is 16.6 Å². The summed E-state index contributed by atoms with van der Waals surface area (Å²) in [7, 11) is 0. The van der Waals surface area contributed by atoms with Crippen LogP contribution < -0.4 is 10.1 Å². The average molecular weight is 497 g/mol. The predicted molar refractivity (Wildman–Crippen MR) is 137 cm³/mol. The third-order valence-electron chi connectivity index (χ3n) is 6.89. The molecule has 2 aliphatic heterocycles. The molecule has 10 heteroatoms. The number of pyridine rings is 2. The van der Waals surface area contributed by atoms with E-state index in [0.717, 1.165) is 46.6 Å². The smallest absolute Gasteiger partial charge is 0.180 e. The van der Waals surface area contributed by atoms with Crippen LogP contribution >= 0.6 is 0 Å². The van der Waals surface area contributed by atoms with Gasteiger partial charge in [-0.2, -0.15) is 10.4 Å². The summed E-state index contributed by atoms with van der Waals surface area (Å²) in [6, 6.07) is 10.2. The van der Waals surface area contributed by atoms with Crippen LogP contribution in [0.1, 0.15) is 30.1 Å². The third-order valence-corrected chi connectivity index (χ3v) is 6.89. The first kappa shape index (κ1) is 23.2. The Labute approximate surface area is 214 Å². The molecule has 3 atom stereocenters. The fraction of sp³-hybridized carbons (Fsp3) is 0.370. The summed E-state index contributed by atoms with van der Waals surface area (Å²) in [4.78, 5) is 15.2. The fourth-order valence-electron chi connectivity index (χ4n) is 5.31. The Morgan fingerprint density at radius 1 is 1.03 bits per heavy atom. The lowest BCUT2D eigenvalue weighted by molar-refractivity contribution is -0.0739. The van der Waals surface area contributed by atoms with Gasteiger partial charge in [0.2, 0.25) is 0 Å². The van der Waals surface area contributed by atoms with Crippen LogP contribution in [0.2, 0.25) is 0 Å². The number of aromatic nitrogens is 5. The minimum Gasteiger partial charge on any atom is -0.488 e. The Balaban J connectivity index is 1.27. The third kappa shape index (κ3) is 4.66. The largest absolute Gasteiger partial charge is 0.488 e. The van der Waals surface area contributed by atoms with Crippen molar-refractivity contribution in [1.29, 1.82) is 5.26 Å². The van der Waals surface area contributed by atoms with E-state index in [2.05, 4.69) is 43.7 Å². The van der Waals surface area contributed by atoms with Crippen molar-refractivity contribution in [2.75, 3.05) is 18.5 Å². The molecule has 0 amide bonds. The maximum atomic E-state index is 9.54. The Morgan fingerprint density at radius 2 is 1.84 bits per heavy atom. The van der Waals surface area contributed by atoms with Crippen LogP contribution in [-0.4, -0.2) is 60.9 Å². The minimum absolute atomic E-state index is 0.000956. The van der Waals surface area contributed by atoms with Crippen LogP contribution in [0.5, 0.6) is 5.75 Å². The molecule has 2 saturated heterocycles. The molecule has 2 bridgehead atoms. The number of nitrogens with one attached hydrogen (secondary N) is 1. The van der Waals surface area contributed by atoms with E-state index in [1.165, 1.54) is 0 Å². The van der Waals surface area contributed by atoms with Gasteiger partial charge in [-0.05, 0) is 44.5 Å². The number of nitrogens with zero attached hydrogens (tertiary/aromatic N) is 7. The number of ether oxygens (including phenoxy) is 2. The van der Waals surface area contributed by atoms with Gasteiger partial charge in [0.15, 0.2) is 12.0 Å². The SMILES string of the molecule is Cc1cc(-c2ccn3nc(Nc4cc(C)nc(C)n4)cc3c2)c(OC2C[C@H]3COC[C@@H](C2)N3C#N)cn1. The van der Waals surface area contributed by atoms with Crippen LogP contribution in [0.4, 0.5) is 11.6 Å². The molecule has 0 saturated carbocycles. The van der Waals surface area contributed by atoms with Gasteiger partial charge >= 0.3 is 0 Å². The van der Waals surface area contributed by atoms with Crippen molar-refractivity contribution in [1.82, 2.24) is 29.5 Å². The molecule has 1 unspecified atom stereocenters. The van der Waals surface area contributed by atoms with Gasteiger partial charge in [0, 0.05) is 48.1 Å². The van der Waals surface area contributed by atoms with Gasteiger partial charge in [0.05, 0.1) is 37.0 Å². The van der Waals surface area contributed by atoms with Gasteiger partial charge in [0.1, 0.15) is 23.5 Å². The maximum absolute atomic E-state index is 9.54. The zero-order chi connectivity index (χ0) is 25.5. The van der Waals surface area contributed by atoms with E-state index in [1.54, 1.807) is 6.20 Å². The van der Waals surface area contributed by atoms with Crippen LogP contribution in [-0.2, 0) is 4.74 Å². The molecule has 0 aromatic carbocycles. The molecule has 0 radical (unpaired) electrons. The van der Waals surface area contributed by atoms with Crippen molar-refractivity contribution in [3.05, 3.63) is 59.9 Å². The Bertz CT molecular complexity index is 1480. The van der Waals surface area contributed by atoms with E-state index in [4.69, 9.17) is 9.47 Å². The van der Waals surface area contributed by atoms with Crippen LogP contribution in [0.3, 0.4) is 0 Å². The molecule has 0 spiro atoms. The van der Waals surface area contributed by atoms with E-state index in [9.17, 15) is 5.26 Å². The van der Waals surface area contributed by atoms with Gasteiger partial charge in [-0.25, -0.2) is 14.5 Å². The summed E-state index contributed by atoms with van der Waals surface area (Å²) in [6.45, 7) is 6.92. The monoisotopic (exact) mass is 496 g/mol. The van der Waals surface area contributed by atoms with Gasteiger partial charge in [-0.3, -0.25) is 9.88 Å². The number of anilines is 2. The summed E-state index contributed by atoms with van der Waals surface area (Å²) >= 11 is 0. The second-order valence-electron chi connectivity index (χ2n) is 9.77. The molecule has 6 rings (SSSR count). The zero-order valence-electron chi connectivity index (χ0n) is 21.0. The Hall–Kier alpha value is -4.23. The molecular formula is C27H28N8O2. The molecule has 1 N–H and O–H groups in total. The molecule has 4 aromatic heterocycles. The maximum Gasteiger partial charge on any atom is 0.180 e. The molecule has 2 fully saturated rings. The van der Waals surface area contributed by atoms with Crippen molar-refractivity contribution in [2.24, 2.45) is 0 Å². The van der Waals surface area contributed by atoms with Gasteiger partial charge in [0.25, 0.3) is 0 Å². The number of hydrogen-bond acceptors (Lipinski definition) is 9. The first-order valence-corrected chi connectivity index (χ1v) is 12.4. The second kappa shape index (κ2) is 9.33. The van der Waals surface area contributed by atoms with Crippen molar-refractivity contribution < 1.29 is 9.47 Å². The summed E-state index contributed by atoms with van der Waals surface area (Å²) in [6.07, 6.45) is 7.58. The number of hydrogen-bond donors (Lipinski definition) is 1. The van der Waals surface area contributed by atoms with Crippen molar-refractivity contribution >= 4 is 17.2 Å². The number of piperidine rings is 1. The number of fused-ring (bicyclic) bond motifs is 3. The highest BCUT2D eigenvalue weighted by Gasteiger charge is 2.39. The van der Waals surface area contributed by atoms with Gasteiger partial charge < -0.3 is 14.8 Å². The number of aryl methyl sites for hydroxylation is 3. The molecule has 37 heavy (non-hydrogen) atoms. The molecular weight excluding hydrogens is 468 g/mol. The number of nitriles is 1. The van der Waals surface area contributed by atoms with Crippen molar-refractivity contribution in [3.63, 3.8) is 0 Å².